The molecule has 4 nitrogen and oxygen atoms in total. The summed E-state index contributed by atoms with van der Waals surface area (Å²) in [7, 11) is 0. The summed E-state index contributed by atoms with van der Waals surface area (Å²) in [5.74, 6) is 3.69. The highest BCUT2D eigenvalue weighted by atomic mass is 79.9. The van der Waals surface area contributed by atoms with Crippen LogP contribution in [0, 0.1) is 0 Å². The van der Waals surface area contributed by atoms with Crippen LogP contribution in [-0.4, -0.2) is 34.1 Å². The highest BCUT2D eigenvalue weighted by Gasteiger charge is 2.22. The summed E-state index contributed by atoms with van der Waals surface area (Å²) in [4.78, 5) is 10.5. The van der Waals surface area contributed by atoms with Crippen LogP contribution >= 0.6 is 27.7 Å². The highest BCUT2D eigenvalue weighted by Crippen LogP contribution is 2.31. The van der Waals surface area contributed by atoms with Crippen molar-refractivity contribution in [3.63, 3.8) is 0 Å². The van der Waals surface area contributed by atoms with Gasteiger partial charge < -0.3 is 10.6 Å². The fourth-order valence-corrected chi connectivity index (χ4v) is 3.06. The second-order valence-corrected chi connectivity index (χ2v) is 5.46. The van der Waals surface area contributed by atoms with Crippen LogP contribution in [0.4, 0.5) is 11.6 Å². The Bertz CT molecular complexity index is 360. The molecule has 1 aliphatic heterocycles. The van der Waals surface area contributed by atoms with Gasteiger partial charge in [-0.15, -0.1) is 0 Å². The third-order valence-electron chi connectivity index (χ3n) is 2.44. The molecule has 82 valence electrons. The molecule has 2 N–H and O–H groups in total. The van der Waals surface area contributed by atoms with Crippen molar-refractivity contribution < 1.29 is 0 Å². The van der Waals surface area contributed by atoms with Gasteiger partial charge in [0.05, 0.1) is 0 Å². The third-order valence-corrected chi connectivity index (χ3v) is 4.39. The predicted octanol–water partition coefficient (Wildman–Crippen LogP) is 1.76. The summed E-state index contributed by atoms with van der Waals surface area (Å²) in [6.45, 7) is 3.22. The van der Waals surface area contributed by atoms with E-state index in [1.807, 2.05) is 11.8 Å². The first-order chi connectivity index (χ1) is 7.20. The Morgan fingerprint density at radius 2 is 2.40 bits per heavy atom. The van der Waals surface area contributed by atoms with Gasteiger partial charge in [-0.2, -0.15) is 11.8 Å². The number of hydrogen-bond acceptors (Lipinski definition) is 5. The minimum atomic E-state index is 0.495. The molecule has 1 fully saturated rings. The molecular formula is C9H13BrN4S. The lowest BCUT2D eigenvalue weighted by molar-refractivity contribution is 0.687. The monoisotopic (exact) mass is 288 g/mol. The van der Waals surface area contributed by atoms with Crippen molar-refractivity contribution >= 4 is 39.3 Å². The molecule has 0 spiro atoms. The van der Waals surface area contributed by atoms with E-state index in [2.05, 4.69) is 37.7 Å². The van der Waals surface area contributed by atoms with E-state index < -0.39 is 0 Å². The Morgan fingerprint density at radius 1 is 1.60 bits per heavy atom. The van der Waals surface area contributed by atoms with Gasteiger partial charge in [-0.25, -0.2) is 9.97 Å². The topological polar surface area (TPSA) is 55.0 Å². The highest BCUT2D eigenvalue weighted by molar-refractivity contribution is 9.10. The lowest BCUT2D eigenvalue weighted by Gasteiger charge is -2.34. The molecule has 2 heterocycles. The first-order valence-electron chi connectivity index (χ1n) is 4.80. The first kappa shape index (κ1) is 11.0. The fourth-order valence-electron chi connectivity index (χ4n) is 1.62. The zero-order chi connectivity index (χ0) is 10.8. The van der Waals surface area contributed by atoms with Crippen molar-refractivity contribution in [2.24, 2.45) is 0 Å². The Hall–Kier alpha value is -0.490. The Balaban J connectivity index is 2.31. The Morgan fingerprint density at radius 3 is 3.13 bits per heavy atom. The van der Waals surface area contributed by atoms with E-state index in [9.17, 15) is 0 Å². The van der Waals surface area contributed by atoms with Crippen LogP contribution < -0.4 is 10.6 Å². The maximum atomic E-state index is 5.74. The maximum absolute atomic E-state index is 5.74. The van der Waals surface area contributed by atoms with Crippen molar-refractivity contribution in [1.82, 2.24) is 9.97 Å². The number of anilines is 2. The summed E-state index contributed by atoms with van der Waals surface area (Å²) >= 11 is 5.42. The van der Waals surface area contributed by atoms with E-state index in [1.165, 1.54) is 6.33 Å². The Kier molecular flexibility index (Phi) is 3.35. The molecule has 0 aliphatic carbocycles. The van der Waals surface area contributed by atoms with Gasteiger partial charge in [0.25, 0.3) is 0 Å². The average molecular weight is 289 g/mol. The molecule has 1 aliphatic rings. The van der Waals surface area contributed by atoms with Crippen LogP contribution in [0.25, 0.3) is 0 Å². The average Bonchev–Trinajstić information content (AvgIpc) is 2.23. The van der Waals surface area contributed by atoms with Crippen LogP contribution in [0.3, 0.4) is 0 Å². The molecule has 0 bridgehead atoms. The lowest BCUT2D eigenvalue weighted by Crippen LogP contribution is -2.41. The van der Waals surface area contributed by atoms with E-state index in [-0.39, 0.29) is 0 Å². The lowest BCUT2D eigenvalue weighted by atomic mass is 10.3. The summed E-state index contributed by atoms with van der Waals surface area (Å²) in [6, 6.07) is 0.495. The molecule has 2 rings (SSSR count). The number of hydrogen-bond donors (Lipinski definition) is 1. The van der Waals surface area contributed by atoms with E-state index >= 15 is 0 Å². The molecule has 0 aromatic carbocycles. The van der Waals surface area contributed by atoms with Crippen molar-refractivity contribution in [3.05, 3.63) is 10.8 Å². The molecule has 0 amide bonds. The molecule has 1 aromatic rings. The number of nitrogens with zero attached hydrogens (tertiary/aromatic N) is 3. The quantitative estimate of drug-likeness (QED) is 0.854. The molecule has 1 saturated heterocycles. The summed E-state index contributed by atoms with van der Waals surface area (Å²) in [5.41, 5.74) is 5.74. The number of halogens is 1. The zero-order valence-electron chi connectivity index (χ0n) is 8.48. The van der Waals surface area contributed by atoms with Crippen LogP contribution in [0.2, 0.25) is 0 Å². The molecule has 1 aromatic heterocycles. The number of thioether (sulfide) groups is 1. The zero-order valence-corrected chi connectivity index (χ0v) is 10.9. The first-order valence-corrected chi connectivity index (χ1v) is 6.75. The van der Waals surface area contributed by atoms with Crippen molar-refractivity contribution in [3.8, 4) is 0 Å². The van der Waals surface area contributed by atoms with Gasteiger partial charge >= 0.3 is 0 Å². The second kappa shape index (κ2) is 4.57. The molecule has 15 heavy (non-hydrogen) atoms. The third kappa shape index (κ3) is 2.20. The number of nitrogen functional groups attached to an aromatic ring is 1. The SMILES string of the molecule is CC1CSCCN1c1ncnc(N)c1Br. The van der Waals surface area contributed by atoms with Crippen LogP contribution in [0.15, 0.2) is 10.8 Å². The Labute approximate surface area is 102 Å². The van der Waals surface area contributed by atoms with Crippen LogP contribution in [-0.2, 0) is 0 Å². The van der Waals surface area contributed by atoms with Crippen molar-refractivity contribution in [2.75, 3.05) is 28.7 Å². The largest absolute Gasteiger partial charge is 0.383 e. The van der Waals surface area contributed by atoms with E-state index in [0.717, 1.165) is 28.3 Å². The van der Waals surface area contributed by atoms with E-state index in [1.54, 1.807) is 0 Å². The minimum Gasteiger partial charge on any atom is -0.383 e. The standard InChI is InChI=1S/C9H13BrN4S/c1-6-4-15-3-2-14(6)9-7(10)8(11)12-5-13-9/h5-6H,2-4H2,1H3,(H2,11,12,13). The van der Waals surface area contributed by atoms with Gasteiger partial charge in [0, 0.05) is 24.1 Å². The number of aromatic nitrogens is 2. The molecule has 1 atom stereocenters. The van der Waals surface area contributed by atoms with Gasteiger partial charge in [-0.1, -0.05) is 0 Å². The second-order valence-electron chi connectivity index (χ2n) is 3.51. The van der Waals surface area contributed by atoms with E-state index in [4.69, 9.17) is 5.73 Å². The van der Waals surface area contributed by atoms with Gasteiger partial charge in [0.2, 0.25) is 0 Å². The van der Waals surface area contributed by atoms with Gasteiger partial charge in [0.15, 0.2) is 0 Å². The van der Waals surface area contributed by atoms with Gasteiger partial charge in [-0.3, -0.25) is 0 Å². The van der Waals surface area contributed by atoms with Gasteiger partial charge in [-0.05, 0) is 22.9 Å². The normalized spacial score (nSPS) is 21.7. The van der Waals surface area contributed by atoms with Crippen LogP contribution in [0.5, 0.6) is 0 Å². The molecule has 0 radical (unpaired) electrons. The molecule has 6 heteroatoms. The fraction of sp³-hybridized carbons (Fsp3) is 0.556. The molecular weight excluding hydrogens is 276 g/mol. The molecule has 0 saturated carbocycles. The summed E-state index contributed by atoms with van der Waals surface area (Å²) < 4.78 is 0.809. The maximum Gasteiger partial charge on any atom is 0.148 e. The molecule has 1 unspecified atom stereocenters. The van der Waals surface area contributed by atoms with Crippen LogP contribution in [0.1, 0.15) is 6.92 Å². The summed E-state index contributed by atoms with van der Waals surface area (Å²) in [5, 5.41) is 0. The predicted molar refractivity (Wildman–Crippen MR) is 68.3 cm³/mol. The van der Waals surface area contributed by atoms with Gasteiger partial charge in [0.1, 0.15) is 22.4 Å². The number of nitrogens with two attached hydrogens (primary N) is 1. The number of rotatable bonds is 1. The van der Waals surface area contributed by atoms with Crippen molar-refractivity contribution in [1.29, 1.82) is 0 Å². The summed E-state index contributed by atoms with van der Waals surface area (Å²) in [6.07, 6.45) is 1.52. The van der Waals surface area contributed by atoms with E-state index in [0.29, 0.717) is 11.9 Å². The minimum absolute atomic E-state index is 0.495. The van der Waals surface area contributed by atoms with Crippen molar-refractivity contribution in [2.45, 2.75) is 13.0 Å². The smallest absolute Gasteiger partial charge is 0.148 e.